The highest BCUT2D eigenvalue weighted by Crippen LogP contribution is 2.84. The molecule has 0 aliphatic heterocycles. The van der Waals surface area contributed by atoms with Crippen molar-refractivity contribution >= 4 is 6.22 Å². The molecule has 2 nitrogen and oxygen atoms in total. The lowest BCUT2D eigenvalue weighted by molar-refractivity contribution is -0.177. The lowest BCUT2D eigenvalue weighted by atomic mass is 9.38. The van der Waals surface area contributed by atoms with E-state index in [0.717, 1.165) is 29.6 Å². The Labute approximate surface area is 94.5 Å². The third-order valence-electron chi connectivity index (χ3n) is 6.31. The van der Waals surface area contributed by atoms with Gasteiger partial charge < -0.3 is 4.74 Å². The Balaban J connectivity index is 1.47. The third-order valence-corrected chi connectivity index (χ3v) is 6.31. The number of carbonyl (C=O) groups is 1. The van der Waals surface area contributed by atoms with Crippen LogP contribution in [0.15, 0.2) is 0 Å². The zero-order valence-electron chi connectivity index (χ0n) is 9.38. The highest BCUT2D eigenvalue weighted by Gasteiger charge is 2.76. The van der Waals surface area contributed by atoms with Crippen LogP contribution in [0, 0.1) is 28.6 Å². The van der Waals surface area contributed by atoms with E-state index in [9.17, 15) is 9.18 Å². The molecule has 3 heteroatoms. The largest absolute Gasteiger partial charge is 0.495 e. The predicted octanol–water partition coefficient (Wildman–Crippen LogP) is 3.31. The first-order valence-corrected chi connectivity index (χ1v) is 6.47. The monoisotopic (exact) mass is 224 g/mol. The average Bonchev–Trinajstić information content (AvgIpc) is 2.63. The van der Waals surface area contributed by atoms with Crippen LogP contribution in [-0.2, 0) is 4.74 Å². The maximum absolute atomic E-state index is 12.0. The zero-order chi connectivity index (χ0) is 11.0. The van der Waals surface area contributed by atoms with Crippen molar-refractivity contribution in [3.05, 3.63) is 0 Å². The second-order valence-corrected chi connectivity index (χ2v) is 6.60. The summed E-state index contributed by atoms with van der Waals surface area (Å²) in [6.07, 6.45) is 6.17. The van der Waals surface area contributed by atoms with E-state index in [-0.39, 0.29) is 6.61 Å². The molecule has 0 aromatic carbocycles. The van der Waals surface area contributed by atoms with Gasteiger partial charge in [0.25, 0.3) is 0 Å². The summed E-state index contributed by atoms with van der Waals surface area (Å²) in [6.45, 7) is 0.287. The van der Waals surface area contributed by atoms with Crippen molar-refractivity contribution in [3.8, 4) is 0 Å². The van der Waals surface area contributed by atoms with Gasteiger partial charge in [-0.3, -0.25) is 0 Å². The van der Waals surface area contributed by atoms with Crippen LogP contribution < -0.4 is 0 Å². The summed E-state index contributed by atoms with van der Waals surface area (Å²) in [6, 6.07) is 0. The lowest BCUT2D eigenvalue weighted by Gasteiger charge is -2.66. The van der Waals surface area contributed by atoms with E-state index in [1.165, 1.54) is 32.1 Å². The van der Waals surface area contributed by atoms with E-state index in [4.69, 9.17) is 0 Å². The van der Waals surface area contributed by atoms with Crippen LogP contribution in [-0.4, -0.2) is 12.8 Å². The molecule has 0 heterocycles. The first-order valence-electron chi connectivity index (χ1n) is 6.47. The van der Waals surface area contributed by atoms with Gasteiger partial charge in [-0.05, 0) is 67.1 Å². The molecule has 0 saturated heterocycles. The standard InChI is InChI=1S/C13H17FO2/c14-11(15)16-2-1-12-5-9-3-8-4-10(6-12)13(8,9)7-12/h8-10H,1-7H2. The molecular formula is C13H17FO2. The van der Waals surface area contributed by atoms with Crippen molar-refractivity contribution in [1.29, 1.82) is 0 Å². The van der Waals surface area contributed by atoms with E-state index in [2.05, 4.69) is 4.74 Å². The van der Waals surface area contributed by atoms with Gasteiger partial charge in [0.2, 0.25) is 0 Å². The van der Waals surface area contributed by atoms with Gasteiger partial charge in [-0.1, -0.05) is 0 Å². The van der Waals surface area contributed by atoms with Gasteiger partial charge >= 0.3 is 6.22 Å². The third kappa shape index (κ3) is 0.880. The molecule has 2 atom stereocenters. The Morgan fingerprint density at radius 1 is 1.25 bits per heavy atom. The molecule has 4 aliphatic carbocycles. The predicted molar refractivity (Wildman–Crippen MR) is 55.5 cm³/mol. The molecular weight excluding hydrogens is 207 g/mol. The maximum atomic E-state index is 12.0. The summed E-state index contributed by atoms with van der Waals surface area (Å²) >= 11 is 0. The molecule has 0 amide bonds. The van der Waals surface area contributed by atoms with Crippen LogP contribution in [0.3, 0.4) is 0 Å². The Hall–Kier alpha value is -0.600. The summed E-state index contributed by atoms with van der Waals surface area (Å²) < 4.78 is 16.5. The number of halogens is 1. The van der Waals surface area contributed by atoms with Gasteiger partial charge in [-0.25, -0.2) is 4.79 Å². The molecule has 0 aromatic rings. The van der Waals surface area contributed by atoms with E-state index in [1.54, 1.807) is 0 Å². The molecule has 0 radical (unpaired) electrons. The molecule has 1 spiro atoms. The van der Waals surface area contributed by atoms with Gasteiger partial charge in [-0.15, -0.1) is 4.39 Å². The summed E-state index contributed by atoms with van der Waals surface area (Å²) in [5.74, 6) is 2.95. The fourth-order valence-corrected chi connectivity index (χ4v) is 5.88. The maximum Gasteiger partial charge on any atom is 0.495 e. The minimum Gasteiger partial charge on any atom is -0.440 e. The van der Waals surface area contributed by atoms with Crippen molar-refractivity contribution < 1.29 is 13.9 Å². The minimum absolute atomic E-state index is 0.287. The van der Waals surface area contributed by atoms with Crippen LogP contribution >= 0.6 is 0 Å². The summed E-state index contributed by atoms with van der Waals surface area (Å²) in [4.78, 5) is 10.1. The molecule has 4 saturated carbocycles. The van der Waals surface area contributed by atoms with Gasteiger partial charge in [0.1, 0.15) is 0 Å². The molecule has 16 heavy (non-hydrogen) atoms. The molecule has 4 fully saturated rings. The normalized spacial score (nSPS) is 55.2. The Bertz CT molecular complexity index is 349. The van der Waals surface area contributed by atoms with Crippen LogP contribution in [0.2, 0.25) is 0 Å². The quantitative estimate of drug-likeness (QED) is 0.687. The average molecular weight is 224 g/mol. The van der Waals surface area contributed by atoms with Gasteiger partial charge in [0.05, 0.1) is 6.61 Å². The smallest absolute Gasteiger partial charge is 0.440 e. The first kappa shape index (κ1) is 9.43. The van der Waals surface area contributed by atoms with Crippen LogP contribution in [0.25, 0.3) is 0 Å². The van der Waals surface area contributed by atoms with Crippen molar-refractivity contribution in [1.82, 2.24) is 0 Å². The van der Waals surface area contributed by atoms with Crippen LogP contribution in [0.1, 0.15) is 38.5 Å². The van der Waals surface area contributed by atoms with E-state index < -0.39 is 6.22 Å². The summed E-state index contributed by atoms with van der Waals surface area (Å²) in [7, 11) is 0. The molecule has 0 N–H and O–H groups in total. The Morgan fingerprint density at radius 2 is 1.94 bits per heavy atom. The molecule has 4 aliphatic rings. The Morgan fingerprint density at radius 3 is 2.44 bits per heavy atom. The van der Waals surface area contributed by atoms with E-state index in [0.29, 0.717) is 5.41 Å². The molecule has 0 aromatic heterocycles. The number of hydrogen-bond acceptors (Lipinski definition) is 2. The second kappa shape index (κ2) is 2.62. The van der Waals surface area contributed by atoms with Crippen molar-refractivity contribution in [3.63, 3.8) is 0 Å². The van der Waals surface area contributed by atoms with Crippen LogP contribution in [0.5, 0.6) is 0 Å². The van der Waals surface area contributed by atoms with Gasteiger partial charge in [-0.2, -0.15) is 0 Å². The molecule has 2 unspecified atom stereocenters. The van der Waals surface area contributed by atoms with Crippen LogP contribution in [0.4, 0.5) is 9.18 Å². The van der Waals surface area contributed by atoms with Gasteiger partial charge in [0.15, 0.2) is 0 Å². The van der Waals surface area contributed by atoms with Crippen molar-refractivity contribution in [2.75, 3.05) is 6.61 Å². The zero-order valence-corrected chi connectivity index (χ0v) is 9.38. The number of hydrogen-bond donors (Lipinski definition) is 0. The lowest BCUT2D eigenvalue weighted by Crippen LogP contribution is -2.59. The summed E-state index contributed by atoms with van der Waals surface area (Å²) in [5, 5.41) is 0. The topological polar surface area (TPSA) is 26.3 Å². The number of ether oxygens (including phenoxy) is 1. The minimum atomic E-state index is -1.62. The molecule has 4 rings (SSSR count). The summed E-state index contributed by atoms with van der Waals surface area (Å²) in [5.41, 5.74) is 1.13. The van der Waals surface area contributed by atoms with Crippen molar-refractivity contribution in [2.24, 2.45) is 28.6 Å². The highest BCUT2D eigenvalue weighted by molar-refractivity contribution is 5.57. The molecule has 88 valence electrons. The SMILES string of the molecule is O=C(F)OCCC12CC3CC4CC(C1)C43C2. The second-order valence-electron chi connectivity index (χ2n) is 6.60. The van der Waals surface area contributed by atoms with Gasteiger partial charge in [0, 0.05) is 0 Å². The fourth-order valence-electron chi connectivity index (χ4n) is 5.88. The van der Waals surface area contributed by atoms with E-state index >= 15 is 0 Å². The number of carbonyl (C=O) groups excluding carboxylic acids is 1. The number of rotatable bonds is 3. The Kier molecular flexibility index (Phi) is 1.55. The van der Waals surface area contributed by atoms with Crippen molar-refractivity contribution in [2.45, 2.75) is 38.5 Å². The highest BCUT2D eigenvalue weighted by atomic mass is 19.1. The number of fused-ring (bicyclic) bond motifs is 1. The van der Waals surface area contributed by atoms with E-state index in [1.807, 2.05) is 0 Å². The molecule has 2 bridgehead atoms. The fraction of sp³-hybridized carbons (Fsp3) is 0.923. The first-order chi connectivity index (χ1) is 7.65.